The first-order valence-corrected chi connectivity index (χ1v) is 7.55. The van der Waals surface area contributed by atoms with Gasteiger partial charge in [-0.15, -0.1) is 0 Å². The van der Waals surface area contributed by atoms with Crippen molar-refractivity contribution >= 4 is 11.9 Å². The van der Waals surface area contributed by atoms with Crippen LogP contribution in [0.1, 0.15) is 36.8 Å². The molecule has 21 heavy (non-hydrogen) atoms. The number of nitrogens with zero attached hydrogens (tertiary/aromatic N) is 1. The average molecular weight is 289 g/mol. The van der Waals surface area contributed by atoms with E-state index in [0.717, 1.165) is 30.4 Å². The number of benzene rings is 1. The number of carbonyl (C=O) groups is 2. The molecule has 1 saturated heterocycles. The number of amides is 1. The molecule has 1 unspecified atom stereocenters. The zero-order valence-corrected chi connectivity index (χ0v) is 12.8. The SMILES string of the molecule is COC(=O)C1CCCCCN1C(=O)Cc1ccccc1C. The molecule has 1 aromatic rings. The van der Waals surface area contributed by atoms with Crippen molar-refractivity contribution in [3.63, 3.8) is 0 Å². The predicted octanol–water partition coefficient (Wildman–Crippen LogP) is 2.48. The van der Waals surface area contributed by atoms with E-state index in [1.807, 2.05) is 31.2 Å². The number of aryl methyl sites for hydroxylation is 1. The van der Waals surface area contributed by atoms with Gasteiger partial charge in [0, 0.05) is 6.54 Å². The minimum atomic E-state index is -0.422. The summed E-state index contributed by atoms with van der Waals surface area (Å²) in [6, 6.07) is 7.46. The highest BCUT2D eigenvalue weighted by Gasteiger charge is 2.31. The molecule has 1 heterocycles. The Kier molecular flexibility index (Phi) is 5.37. The molecule has 1 aliphatic rings. The van der Waals surface area contributed by atoms with Crippen molar-refractivity contribution in [3.05, 3.63) is 35.4 Å². The van der Waals surface area contributed by atoms with E-state index < -0.39 is 6.04 Å². The second-order valence-corrected chi connectivity index (χ2v) is 5.58. The second-order valence-electron chi connectivity index (χ2n) is 5.58. The fourth-order valence-corrected chi connectivity index (χ4v) is 2.86. The van der Waals surface area contributed by atoms with Gasteiger partial charge in [-0.3, -0.25) is 4.79 Å². The Balaban J connectivity index is 2.14. The molecule has 0 radical (unpaired) electrons. The summed E-state index contributed by atoms with van der Waals surface area (Å²) in [6.07, 6.45) is 4.02. The first kappa shape index (κ1) is 15.5. The summed E-state index contributed by atoms with van der Waals surface area (Å²) in [7, 11) is 1.39. The van der Waals surface area contributed by atoms with E-state index in [4.69, 9.17) is 4.74 Å². The number of likely N-dealkylation sites (tertiary alicyclic amines) is 1. The molecule has 4 nitrogen and oxygen atoms in total. The van der Waals surface area contributed by atoms with E-state index in [-0.39, 0.29) is 11.9 Å². The van der Waals surface area contributed by atoms with E-state index in [1.54, 1.807) is 4.90 Å². The van der Waals surface area contributed by atoms with Crippen molar-refractivity contribution in [1.29, 1.82) is 0 Å². The van der Waals surface area contributed by atoms with Gasteiger partial charge in [0.2, 0.25) is 5.91 Å². The van der Waals surface area contributed by atoms with Gasteiger partial charge in [-0.2, -0.15) is 0 Å². The van der Waals surface area contributed by atoms with Gasteiger partial charge in [0.05, 0.1) is 13.5 Å². The molecule has 0 aromatic heterocycles. The molecule has 1 amide bonds. The molecule has 1 fully saturated rings. The first-order chi connectivity index (χ1) is 10.1. The Morgan fingerprint density at radius 3 is 2.71 bits per heavy atom. The van der Waals surface area contributed by atoms with Gasteiger partial charge >= 0.3 is 5.97 Å². The highest BCUT2D eigenvalue weighted by atomic mass is 16.5. The Morgan fingerprint density at radius 1 is 1.24 bits per heavy atom. The molecular formula is C17H23NO3. The van der Waals surface area contributed by atoms with Crippen molar-refractivity contribution in [3.8, 4) is 0 Å². The maximum absolute atomic E-state index is 12.6. The van der Waals surface area contributed by atoms with Gasteiger partial charge in [-0.05, 0) is 30.9 Å². The molecule has 0 bridgehead atoms. The fraction of sp³-hybridized carbons (Fsp3) is 0.529. The third-order valence-corrected chi connectivity index (χ3v) is 4.15. The van der Waals surface area contributed by atoms with E-state index >= 15 is 0 Å². The second kappa shape index (κ2) is 7.25. The van der Waals surface area contributed by atoms with Crippen molar-refractivity contribution in [1.82, 2.24) is 4.90 Å². The monoisotopic (exact) mass is 289 g/mol. The Labute approximate surface area is 126 Å². The van der Waals surface area contributed by atoms with Crippen LogP contribution in [0, 0.1) is 6.92 Å². The largest absolute Gasteiger partial charge is 0.467 e. The highest BCUT2D eigenvalue weighted by molar-refractivity contribution is 5.86. The van der Waals surface area contributed by atoms with Crippen LogP contribution in [0.15, 0.2) is 24.3 Å². The lowest BCUT2D eigenvalue weighted by Crippen LogP contribution is -2.45. The summed E-state index contributed by atoms with van der Waals surface area (Å²) in [5, 5.41) is 0. The lowest BCUT2D eigenvalue weighted by Gasteiger charge is -2.28. The van der Waals surface area contributed by atoms with Crippen LogP contribution in [0.25, 0.3) is 0 Å². The number of hydrogen-bond acceptors (Lipinski definition) is 3. The summed E-state index contributed by atoms with van der Waals surface area (Å²) in [5.74, 6) is -0.281. The van der Waals surface area contributed by atoms with Crippen LogP contribution < -0.4 is 0 Å². The van der Waals surface area contributed by atoms with E-state index in [0.29, 0.717) is 19.4 Å². The van der Waals surface area contributed by atoms with Crippen molar-refractivity contribution < 1.29 is 14.3 Å². The molecule has 1 aromatic carbocycles. The average Bonchev–Trinajstić information content (AvgIpc) is 2.74. The molecule has 4 heteroatoms. The molecule has 1 atom stereocenters. The summed E-state index contributed by atoms with van der Waals surface area (Å²) < 4.78 is 4.87. The van der Waals surface area contributed by atoms with E-state index in [9.17, 15) is 9.59 Å². The minimum absolute atomic E-state index is 0.0154. The normalized spacial score (nSPS) is 19.0. The number of hydrogen-bond donors (Lipinski definition) is 0. The van der Waals surface area contributed by atoms with Crippen LogP contribution in [0.4, 0.5) is 0 Å². The summed E-state index contributed by atoms with van der Waals surface area (Å²) in [4.78, 5) is 26.3. The lowest BCUT2D eigenvalue weighted by molar-refractivity contribution is -0.152. The van der Waals surface area contributed by atoms with Crippen molar-refractivity contribution in [2.45, 2.75) is 45.1 Å². The van der Waals surface area contributed by atoms with Gasteiger partial charge in [-0.25, -0.2) is 4.79 Å². The fourth-order valence-electron chi connectivity index (χ4n) is 2.86. The Bertz CT molecular complexity index is 513. The number of carbonyl (C=O) groups excluding carboxylic acids is 2. The standard InChI is InChI=1S/C17H23NO3/c1-13-8-5-6-9-14(13)12-16(19)18-11-7-3-4-10-15(18)17(20)21-2/h5-6,8-9,15H,3-4,7,10-12H2,1-2H3. The van der Waals surface area contributed by atoms with Gasteiger partial charge in [0.15, 0.2) is 0 Å². The van der Waals surface area contributed by atoms with E-state index in [1.165, 1.54) is 7.11 Å². The van der Waals surface area contributed by atoms with Crippen LogP contribution >= 0.6 is 0 Å². The molecule has 0 saturated carbocycles. The van der Waals surface area contributed by atoms with Gasteiger partial charge < -0.3 is 9.64 Å². The minimum Gasteiger partial charge on any atom is -0.467 e. The van der Waals surface area contributed by atoms with Gasteiger partial charge in [0.1, 0.15) is 6.04 Å². The topological polar surface area (TPSA) is 46.6 Å². The maximum Gasteiger partial charge on any atom is 0.328 e. The molecular weight excluding hydrogens is 266 g/mol. The third kappa shape index (κ3) is 3.84. The molecule has 114 valence electrons. The van der Waals surface area contributed by atoms with Gasteiger partial charge in [0.25, 0.3) is 0 Å². The number of ether oxygens (including phenoxy) is 1. The molecule has 0 N–H and O–H groups in total. The van der Waals surface area contributed by atoms with Gasteiger partial charge in [-0.1, -0.05) is 37.1 Å². The predicted molar refractivity (Wildman–Crippen MR) is 80.9 cm³/mol. The lowest BCUT2D eigenvalue weighted by atomic mass is 10.0. The smallest absolute Gasteiger partial charge is 0.328 e. The quantitative estimate of drug-likeness (QED) is 0.803. The zero-order chi connectivity index (χ0) is 15.2. The number of rotatable bonds is 3. The van der Waals surface area contributed by atoms with Crippen molar-refractivity contribution in [2.75, 3.05) is 13.7 Å². The molecule has 0 aliphatic carbocycles. The summed E-state index contributed by atoms with van der Waals surface area (Å²) in [5.41, 5.74) is 2.13. The van der Waals surface area contributed by atoms with Crippen LogP contribution in [-0.2, 0) is 20.7 Å². The van der Waals surface area contributed by atoms with Crippen LogP contribution in [0.5, 0.6) is 0 Å². The summed E-state index contributed by atoms with van der Waals surface area (Å²) in [6.45, 7) is 2.65. The van der Waals surface area contributed by atoms with E-state index in [2.05, 4.69) is 0 Å². The highest BCUT2D eigenvalue weighted by Crippen LogP contribution is 2.20. The Morgan fingerprint density at radius 2 is 2.00 bits per heavy atom. The number of esters is 1. The third-order valence-electron chi connectivity index (χ3n) is 4.15. The number of methoxy groups -OCH3 is 1. The molecule has 2 rings (SSSR count). The van der Waals surface area contributed by atoms with Crippen LogP contribution in [0.2, 0.25) is 0 Å². The van der Waals surface area contributed by atoms with Crippen molar-refractivity contribution in [2.24, 2.45) is 0 Å². The molecule has 1 aliphatic heterocycles. The first-order valence-electron chi connectivity index (χ1n) is 7.55. The maximum atomic E-state index is 12.6. The van der Waals surface area contributed by atoms with Crippen LogP contribution in [0.3, 0.4) is 0 Å². The summed E-state index contributed by atoms with van der Waals surface area (Å²) >= 11 is 0. The Hall–Kier alpha value is -1.84. The molecule has 0 spiro atoms. The van der Waals surface area contributed by atoms with Crippen LogP contribution in [-0.4, -0.2) is 36.5 Å². The zero-order valence-electron chi connectivity index (χ0n) is 12.8.